The van der Waals surface area contributed by atoms with Crippen LogP contribution < -0.4 is 21.9 Å². The van der Waals surface area contributed by atoms with Crippen LogP contribution in [0, 0.1) is 0 Å². The fraction of sp³-hybridized carbons (Fsp3) is 0.818. The zero-order chi connectivity index (χ0) is 12.9. The summed E-state index contributed by atoms with van der Waals surface area (Å²) in [6.45, 7) is 6.13. The molecule has 0 atom stereocenters. The molecule has 6 nitrogen and oxygen atoms in total. The first-order valence-corrected chi connectivity index (χ1v) is 6.26. The minimum atomic E-state index is 0.0456. The first kappa shape index (κ1) is 15.7. The molecular weight excluding hydrogens is 218 g/mol. The van der Waals surface area contributed by atoms with Gasteiger partial charge in [-0.25, -0.2) is 5.84 Å². The minimum Gasteiger partial charge on any atom is -0.356 e. The number of hydrazine groups is 1. The van der Waals surface area contributed by atoms with E-state index in [9.17, 15) is 4.79 Å². The van der Waals surface area contributed by atoms with E-state index in [-0.39, 0.29) is 5.91 Å². The molecule has 1 amide bonds. The van der Waals surface area contributed by atoms with Crippen LogP contribution in [0.5, 0.6) is 0 Å². The third kappa shape index (κ3) is 9.62. The number of carbonyl (C=O) groups excluding carboxylic acids is 1. The van der Waals surface area contributed by atoms with Crippen molar-refractivity contribution < 1.29 is 4.79 Å². The second kappa shape index (κ2) is 11.2. The molecule has 0 saturated heterocycles. The average molecular weight is 243 g/mol. The van der Waals surface area contributed by atoms with Gasteiger partial charge >= 0.3 is 0 Å². The van der Waals surface area contributed by atoms with E-state index in [0.29, 0.717) is 18.9 Å². The van der Waals surface area contributed by atoms with Gasteiger partial charge in [0.1, 0.15) is 0 Å². The monoisotopic (exact) mass is 243 g/mol. The van der Waals surface area contributed by atoms with E-state index >= 15 is 0 Å². The lowest BCUT2D eigenvalue weighted by atomic mass is 10.3. The maximum atomic E-state index is 11.3. The van der Waals surface area contributed by atoms with Crippen molar-refractivity contribution in [3.05, 3.63) is 0 Å². The first-order valence-electron chi connectivity index (χ1n) is 6.26. The molecule has 0 aliphatic rings. The molecule has 6 heteroatoms. The van der Waals surface area contributed by atoms with Crippen molar-refractivity contribution in [2.24, 2.45) is 10.8 Å². The second-order valence-corrected chi connectivity index (χ2v) is 3.75. The lowest BCUT2D eigenvalue weighted by Gasteiger charge is -2.09. The summed E-state index contributed by atoms with van der Waals surface area (Å²) in [5.41, 5.74) is 2.49. The SMILES string of the molecule is CCCCN=C(NN)NCCC(=O)NCCC. The maximum absolute atomic E-state index is 11.3. The van der Waals surface area contributed by atoms with Gasteiger partial charge in [0.05, 0.1) is 0 Å². The number of hydrogen-bond acceptors (Lipinski definition) is 3. The average Bonchev–Trinajstić information content (AvgIpc) is 2.34. The van der Waals surface area contributed by atoms with Crippen molar-refractivity contribution in [3.8, 4) is 0 Å². The molecule has 0 bridgehead atoms. The maximum Gasteiger partial charge on any atom is 0.221 e. The highest BCUT2D eigenvalue weighted by Gasteiger charge is 2.00. The number of nitrogens with one attached hydrogen (secondary N) is 3. The van der Waals surface area contributed by atoms with Gasteiger partial charge in [0, 0.05) is 26.1 Å². The van der Waals surface area contributed by atoms with Gasteiger partial charge in [0.2, 0.25) is 11.9 Å². The minimum absolute atomic E-state index is 0.0456. The molecule has 0 radical (unpaired) electrons. The summed E-state index contributed by atoms with van der Waals surface area (Å²) in [6.07, 6.45) is 3.51. The summed E-state index contributed by atoms with van der Waals surface area (Å²) in [5, 5.41) is 5.79. The predicted molar refractivity (Wildman–Crippen MR) is 70.5 cm³/mol. The Morgan fingerprint density at radius 2 is 1.94 bits per heavy atom. The largest absolute Gasteiger partial charge is 0.356 e. The molecule has 0 fully saturated rings. The molecule has 0 unspecified atom stereocenters. The predicted octanol–water partition coefficient (Wildman–Crippen LogP) is 0.112. The Hall–Kier alpha value is -1.30. The van der Waals surface area contributed by atoms with Gasteiger partial charge in [-0.3, -0.25) is 15.2 Å². The zero-order valence-electron chi connectivity index (χ0n) is 10.9. The fourth-order valence-electron chi connectivity index (χ4n) is 1.15. The van der Waals surface area contributed by atoms with E-state index in [1.807, 2.05) is 6.92 Å². The summed E-state index contributed by atoms with van der Waals surface area (Å²) in [6, 6.07) is 0. The standard InChI is InChI=1S/C11H25N5O/c1-3-5-8-14-11(16-12)15-9-6-10(17)13-7-4-2/h3-9,12H2,1-2H3,(H,13,17)(H2,14,15,16). The lowest BCUT2D eigenvalue weighted by Crippen LogP contribution is -2.43. The van der Waals surface area contributed by atoms with Gasteiger partial charge in [-0.1, -0.05) is 20.3 Å². The molecule has 0 aromatic carbocycles. The molecule has 0 saturated carbocycles. The van der Waals surface area contributed by atoms with E-state index in [2.05, 4.69) is 28.0 Å². The number of nitrogens with zero attached hydrogens (tertiary/aromatic N) is 1. The quantitative estimate of drug-likeness (QED) is 0.160. The van der Waals surface area contributed by atoms with E-state index in [1.54, 1.807) is 0 Å². The molecule has 0 spiro atoms. The fourth-order valence-corrected chi connectivity index (χ4v) is 1.15. The third-order valence-electron chi connectivity index (χ3n) is 2.13. The zero-order valence-corrected chi connectivity index (χ0v) is 10.9. The van der Waals surface area contributed by atoms with Gasteiger partial charge in [0.25, 0.3) is 0 Å². The molecule has 0 heterocycles. The lowest BCUT2D eigenvalue weighted by molar-refractivity contribution is -0.120. The van der Waals surface area contributed by atoms with Gasteiger partial charge in [-0.05, 0) is 12.8 Å². The van der Waals surface area contributed by atoms with Gasteiger partial charge in [-0.2, -0.15) is 0 Å². The second-order valence-electron chi connectivity index (χ2n) is 3.75. The molecule has 0 aliphatic heterocycles. The Morgan fingerprint density at radius 1 is 1.18 bits per heavy atom. The van der Waals surface area contributed by atoms with E-state index in [0.717, 1.165) is 32.4 Å². The highest BCUT2D eigenvalue weighted by atomic mass is 16.1. The summed E-state index contributed by atoms with van der Waals surface area (Å²) in [5.74, 6) is 5.90. The van der Waals surface area contributed by atoms with Gasteiger partial charge in [0.15, 0.2) is 0 Å². The van der Waals surface area contributed by atoms with Crippen LogP contribution in [0.1, 0.15) is 39.5 Å². The van der Waals surface area contributed by atoms with Crippen LogP contribution in [0.2, 0.25) is 0 Å². The Labute approximate surface area is 103 Å². The summed E-state index contributed by atoms with van der Waals surface area (Å²) in [7, 11) is 0. The number of amides is 1. The van der Waals surface area contributed by atoms with Crippen molar-refractivity contribution in [1.29, 1.82) is 0 Å². The Balaban J connectivity index is 3.68. The number of nitrogens with two attached hydrogens (primary N) is 1. The Morgan fingerprint density at radius 3 is 2.53 bits per heavy atom. The van der Waals surface area contributed by atoms with Crippen molar-refractivity contribution >= 4 is 11.9 Å². The normalized spacial score (nSPS) is 11.1. The van der Waals surface area contributed by atoms with Crippen molar-refractivity contribution in [1.82, 2.24) is 16.1 Å². The van der Waals surface area contributed by atoms with Crippen molar-refractivity contribution in [2.45, 2.75) is 39.5 Å². The van der Waals surface area contributed by atoms with E-state index in [4.69, 9.17) is 5.84 Å². The molecule has 0 aromatic rings. The molecule has 0 rings (SSSR count). The summed E-state index contributed by atoms with van der Waals surface area (Å²) < 4.78 is 0. The Kier molecular flexibility index (Phi) is 10.3. The van der Waals surface area contributed by atoms with Crippen molar-refractivity contribution in [3.63, 3.8) is 0 Å². The van der Waals surface area contributed by atoms with E-state index in [1.165, 1.54) is 0 Å². The highest BCUT2D eigenvalue weighted by molar-refractivity contribution is 5.80. The topological polar surface area (TPSA) is 91.5 Å². The molecule has 100 valence electrons. The molecule has 0 aromatic heterocycles. The smallest absolute Gasteiger partial charge is 0.221 e. The molecular formula is C11H25N5O. The Bertz CT molecular complexity index is 230. The number of guanidine groups is 1. The molecule has 5 N–H and O–H groups in total. The number of rotatable bonds is 8. The summed E-state index contributed by atoms with van der Waals surface area (Å²) >= 11 is 0. The summed E-state index contributed by atoms with van der Waals surface area (Å²) in [4.78, 5) is 15.5. The molecule has 0 aliphatic carbocycles. The van der Waals surface area contributed by atoms with Crippen LogP contribution in [0.15, 0.2) is 4.99 Å². The number of aliphatic imine (C=N–C) groups is 1. The molecule has 17 heavy (non-hydrogen) atoms. The van der Waals surface area contributed by atoms with Crippen LogP contribution in [-0.4, -0.2) is 31.5 Å². The number of unbranched alkanes of at least 4 members (excludes halogenated alkanes) is 1. The van der Waals surface area contributed by atoms with Crippen LogP contribution in [0.4, 0.5) is 0 Å². The van der Waals surface area contributed by atoms with Crippen LogP contribution in [0.25, 0.3) is 0 Å². The third-order valence-corrected chi connectivity index (χ3v) is 2.13. The van der Waals surface area contributed by atoms with Gasteiger partial charge < -0.3 is 10.6 Å². The van der Waals surface area contributed by atoms with Crippen LogP contribution in [0.3, 0.4) is 0 Å². The van der Waals surface area contributed by atoms with E-state index < -0.39 is 0 Å². The number of carbonyl (C=O) groups is 1. The van der Waals surface area contributed by atoms with Crippen LogP contribution in [-0.2, 0) is 4.79 Å². The van der Waals surface area contributed by atoms with Crippen molar-refractivity contribution in [2.75, 3.05) is 19.6 Å². The van der Waals surface area contributed by atoms with Crippen LogP contribution >= 0.6 is 0 Å². The first-order chi connectivity index (χ1) is 8.24. The number of hydrogen-bond donors (Lipinski definition) is 4. The highest BCUT2D eigenvalue weighted by Crippen LogP contribution is 1.86. The van der Waals surface area contributed by atoms with Gasteiger partial charge in [-0.15, -0.1) is 0 Å².